The van der Waals surface area contributed by atoms with Crippen LogP contribution in [0.15, 0.2) is 0 Å². The van der Waals surface area contributed by atoms with E-state index in [1.807, 2.05) is 0 Å². The number of nitrogens with one attached hydrogen (secondary N) is 1. The van der Waals surface area contributed by atoms with Crippen molar-refractivity contribution in [3.05, 3.63) is 17.0 Å². The Morgan fingerprint density at radius 3 is 2.70 bits per heavy atom. The lowest BCUT2D eigenvalue weighted by Crippen LogP contribution is -2.22. The topological polar surface area (TPSA) is 39.1 Å². The van der Waals surface area contributed by atoms with Crippen molar-refractivity contribution < 1.29 is 4.74 Å². The zero-order valence-corrected chi connectivity index (χ0v) is 13.4. The maximum absolute atomic E-state index is 5.44. The SMILES string of the molecule is CCCNC(C)c1c(C)nn(CC2CCOCC2)c1C. The summed E-state index contributed by atoms with van der Waals surface area (Å²) in [7, 11) is 0. The molecule has 1 N–H and O–H groups in total. The molecule has 0 spiro atoms. The van der Waals surface area contributed by atoms with Crippen LogP contribution in [-0.2, 0) is 11.3 Å². The third-order valence-corrected chi connectivity index (χ3v) is 4.34. The van der Waals surface area contributed by atoms with Gasteiger partial charge in [0.2, 0.25) is 0 Å². The van der Waals surface area contributed by atoms with E-state index in [4.69, 9.17) is 9.84 Å². The van der Waals surface area contributed by atoms with Gasteiger partial charge < -0.3 is 10.1 Å². The standard InChI is InChI=1S/C16H29N3O/c1-5-8-17-12(2)16-13(3)18-19(14(16)4)11-15-6-9-20-10-7-15/h12,15,17H,5-11H2,1-4H3. The Balaban J connectivity index is 2.07. The highest BCUT2D eigenvalue weighted by Gasteiger charge is 2.20. The Morgan fingerprint density at radius 2 is 2.05 bits per heavy atom. The van der Waals surface area contributed by atoms with E-state index in [2.05, 4.69) is 37.7 Å². The number of hydrogen-bond donors (Lipinski definition) is 1. The minimum absolute atomic E-state index is 0.387. The second-order valence-electron chi connectivity index (χ2n) is 6.00. The van der Waals surface area contributed by atoms with Gasteiger partial charge in [0.25, 0.3) is 0 Å². The molecule has 1 atom stereocenters. The third kappa shape index (κ3) is 3.61. The number of rotatable bonds is 6. The van der Waals surface area contributed by atoms with Crippen LogP contribution in [0.25, 0.3) is 0 Å². The molecular weight excluding hydrogens is 250 g/mol. The normalized spacial score (nSPS) is 18.4. The number of nitrogens with zero attached hydrogens (tertiary/aromatic N) is 2. The maximum atomic E-state index is 5.44. The summed E-state index contributed by atoms with van der Waals surface area (Å²) in [5.41, 5.74) is 3.88. The summed E-state index contributed by atoms with van der Waals surface area (Å²) < 4.78 is 7.65. The average Bonchev–Trinajstić information content (AvgIpc) is 2.72. The Hall–Kier alpha value is -0.870. The molecule has 0 aromatic carbocycles. The van der Waals surface area contributed by atoms with Crippen LogP contribution < -0.4 is 5.32 Å². The van der Waals surface area contributed by atoms with Crippen molar-refractivity contribution in [1.82, 2.24) is 15.1 Å². The lowest BCUT2D eigenvalue weighted by atomic mass is 10.0. The summed E-state index contributed by atoms with van der Waals surface area (Å²) in [6, 6.07) is 0.387. The number of aromatic nitrogens is 2. The molecule has 1 aromatic heterocycles. The zero-order valence-electron chi connectivity index (χ0n) is 13.4. The van der Waals surface area contributed by atoms with E-state index in [-0.39, 0.29) is 0 Å². The fourth-order valence-electron chi connectivity index (χ4n) is 3.15. The van der Waals surface area contributed by atoms with Crippen LogP contribution in [0.5, 0.6) is 0 Å². The predicted molar refractivity (Wildman–Crippen MR) is 82.0 cm³/mol. The Bertz CT molecular complexity index is 422. The first-order chi connectivity index (χ1) is 9.63. The van der Waals surface area contributed by atoms with Crippen LogP contribution in [0, 0.1) is 19.8 Å². The fraction of sp³-hybridized carbons (Fsp3) is 0.812. The molecule has 1 aromatic rings. The first kappa shape index (κ1) is 15.5. The van der Waals surface area contributed by atoms with Gasteiger partial charge in [-0.2, -0.15) is 5.10 Å². The fourth-order valence-corrected chi connectivity index (χ4v) is 3.15. The van der Waals surface area contributed by atoms with Crippen molar-refractivity contribution >= 4 is 0 Å². The molecule has 4 heteroatoms. The van der Waals surface area contributed by atoms with Gasteiger partial charge in [-0.15, -0.1) is 0 Å². The van der Waals surface area contributed by atoms with Crippen LogP contribution in [-0.4, -0.2) is 29.5 Å². The van der Waals surface area contributed by atoms with Gasteiger partial charge in [-0.3, -0.25) is 4.68 Å². The van der Waals surface area contributed by atoms with E-state index in [1.54, 1.807) is 0 Å². The van der Waals surface area contributed by atoms with Crippen molar-refractivity contribution in [2.24, 2.45) is 5.92 Å². The molecule has 20 heavy (non-hydrogen) atoms. The van der Waals surface area contributed by atoms with Crippen molar-refractivity contribution in [3.8, 4) is 0 Å². The van der Waals surface area contributed by atoms with Crippen LogP contribution in [0.2, 0.25) is 0 Å². The maximum Gasteiger partial charge on any atom is 0.0644 e. The molecule has 0 aliphatic carbocycles. The minimum Gasteiger partial charge on any atom is -0.381 e. The number of hydrogen-bond acceptors (Lipinski definition) is 3. The molecule has 1 fully saturated rings. The smallest absolute Gasteiger partial charge is 0.0644 e. The highest BCUT2D eigenvalue weighted by atomic mass is 16.5. The summed E-state index contributed by atoms with van der Waals surface area (Å²) in [6.07, 6.45) is 3.49. The monoisotopic (exact) mass is 279 g/mol. The van der Waals surface area contributed by atoms with Gasteiger partial charge in [0.05, 0.1) is 5.69 Å². The van der Waals surface area contributed by atoms with Crippen LogP contribution in [0.3, 0.4) is 0 Å². The Kier molecular flexibility index (Phi) is 5.61. The highest BCUT2D eigenvalue weighted by Crippen LogP contribution is 2.24. The molecule has 1 unspecified atom stereocenters. The largest absolute Gasteiger partial charge is 0.381 e. The van der Waals surface area contributed by atoms with Gasteiger partial charge >= 0.3 is 0 Å². The van der Waals surface area contributed by atoms with E-state index >= 15 is 0 Å². The molecule has 1 saturated heterocycles. The lowest BCUT2D eigenvalue weighted by molar-refractivity contribution is 0.0599. The number of aryl methyl sites for hydroxylation is 1. The lowest BCUT2D eigenvalue weighted by Gasteiger charge is -2.22. The van der Waals surface area contributed by atoms with Gasteiger partial charge in [-0.05, 0) is 52.5 Å². The Morgan fingerprint density at radius 1 is 1.35 bits per heavy atom. The molecular formula is C16H29N3O. The summed E-state index contributed by atoms with van der Waals surface area (Å²) in [5.74, 6) is 0.716. The van der Waals surface area contributed by atoms with Crippen LogP contribution >= 0.6 is 0 Å². The Labute approximate surface area is 122 Å². The minimum atomic E-state index is 0.387. The summed E-state index contributed by atoms with van der Waals surface area (Å²) in [6.45, 7) is 12.7. The van der Waals surface area contributed by atoms with Gasteiger partial charge in [0.1, 0.15) is 0 Å². The summed E-state index contributed by atoms with van der Waals surface area (Å²) in [4.78, 5) is 0. The second-order valence-corrected chi connectivity index (χ2v) is 6.00. The molecule has 4 nitrogen and oxygen atoms in total. The van der Waals surface area contributed by atoms with E-state index in [0.717, 1.165) is 39.1 Å². The molecule has 0 bridgehead atoms. The molecule has 1 aliphatic rings. The van der Waals surface area contributed by atoms with Crippen molar-refractivity contribution in [2.75, 3.05) is 19.8 Å². The molecule has 0 saturated carbocycles. The highest BCUT2D eigenvalue weighted by molar-refractivity contribution is 5.27. The van der Waals surface area contributed by atoms with Gasteiger partial charge in [-0.1, -0.05) is 6.92 Å². The summed E-state index contributed by atoms with van der Waals surface area (Å²) >= 11 is 0. The van der Waals surface area contributed by atoms with Gasteiger partial charge in [-0.25, -0.2) is 0 Å². The number of ether oxygens (including phenoxy) is 1. The van der Waals surface area contributed by atoms with E-state index in [0.29, 0.717) is 12.0 Å². The van der Waals surface area contributed by atoms with E-state index in [9.17, 15) is 0 Å². The second kappa shape index (κ2) is 7.23. The van der Waals surface area contributed by atoms with Crippen molar-refractivity contribution in [1.29, 1.82) is 0 Å². The predicted octanol–water partition coefficient (Wildman–Crippen LogP) is 2.99. The average molecular weight is 279 g/mol. The first-order valence-electron chi connectivity index (χ1n) is 7.98. The molecule has 2 rings (SSSR count). The van der Waals surface area contributed by atoms with E-state index < -0.39 is 0 Å². The molecule has 114 valence electrons. The van der Waals surface area contributed by atoms with Crippen LogP contribution in [0.1, 0.15) is 56.1 Å². The molecule has 0 amide bonds. The van der Waals surface area contributed by atoms with Gasteiger partial charge in [0, 0.05) is 37.1 Å². The van der Waals surface area contributed by atoms with E-state index in [1.165, 1.54) is 23.4 Å². The quantitative estimate of drug-likeness (QED) is 0.870. The molecule has 0 radical (unpaired) electrons. The van der Waals surface area contributed by atoms with Crippen molar-refractivity contribution in [3.63, 3.8) is 0 Å². The molecule has 2 heterocycles. The first-order valence-corrected chi connectivity index (χ1v) is 7.98. The summed E-state index contributed by atoms with van der Waals surface area (Å²) in [5, 5.41) is 8.34. The van der Waals surface area contributed by atoms with Crippen molar-refractivity contribution in [2.45, 2.75) is 59.5 Å². The van der Waals surface area contributed by atoms with Gasteiger partial charge in [0.15, 0.2) is 0 Å². The zero-order chi connectivity index (χ0) is 14.5. The van der Waals surface area contributed by atoms with Crippen LogP contribution in [0.4, 0.5) is 0 Å². The third-order valence-electron chi connectivity index (χ3n) is 4.34. The molecule has 1 aliphatic heterocycles.